The average Bonchev–Trinajstić information content (AvgIpc) is 3.33. The van der Waals surface area contributed by atoms with Crippen LogP contribution in [-0.4, -0.2) is 63.5 Å². The summed E-state index contributed by atoms with van der Waals surface area (Å²) in [4.78, 5) is 34.8. The first-order valence-corrected chi connectivity index (χ1v) is 12.8. The monoisotopic (exact) mass is 503 g/mol. The molecular weight excluding hydrogens is 466 g/mol. The van der Waals surface area contributed by atoms with Crippen molar-refractivity contribution in [3.8, 4) is 0 Å². The zero-order chi connectivity index (χ0) is 26.5. The number of carbonyl (C=O) groups excluding carboxylic acids is 1. The van der Waals surface area contributed by atoms with Crippen LogP contribution < -0.4 is 21.3 Å². The number of carbonyl (C=O) groups is 1. The van der Waals surface area contributed by atoms with Gasteiger partial charge >= 0.3 is 0 Å². The van der Waals surface area contributed by atoms with Crippen LogP contribution in [0.1, 0.15) is 54.8 Å². The first-order valence-electron chi connectivity index (χ1n) is 12.8. The zero-order valence-corrected chi connectivity index (χ0v) is 22.3. The van der Waals surface area contributed by atoms with Crippen molar-refractivity contribution in [3.63, 3.8) is 0 Å². The maximum Gasteiger partial charge on any atom is 0.248 e. The third-order valence-corrected chi connectivity index (χ3v) is 6.59. The molecule has 2 atom stereocenters. The van der Waals surface area contributed by atoms with E-state index in [0.29, 0.717) is 29.3 Å². The Hall–Kier alpha value is -3.79. The topological polar surface area (TPSA) is 125 Å². The van der Waals surface area contributed by atoms with Crippen LogP contribution in [0.15, 0.2) is 42.6 Å². The summed E-state index contributed by atoms with van der Waals surface area (Å²) in [7, 11) is 1.98. The van der Waals surface area contributed by atoms with Crippen LogP contribution in [0.2, 0.25) is 0 Å². The van der Waals surface area contributed by atoms with E-state index in [1.54, 1.807) is 12.1 Å². The summed E-state index contributed by atoms with van der Waals surface area (Å²) in [6.45, 7) is 11.1. The molecule has 10 heteroatoms. The molecule has 3 aromatic rings. The highest BCUT2D eigenvalue weighted by molar-refractivity contribution is 5.94. The normalized spacial score (nSPS) is 16.5. The second-order valence-corrected chi connectivity index (χ2v) is 10.1. The summed E-state index contributed by atoms with van der Waals surface area (Å²) in [5.74, 6) is 1.47. The van der Waals surface area contributed by atoms with E-state index in [9.17, 15) is 4.79 Å². The lowest BCUT2D eigenvalue weighted by atomic mass is 10.1. The number of hydrogen-bond donors (Lipinski definition) is 3. The summed E-state index contributed by atoms with van der Waals surface area (Å²) >= 11 is 0. The zero-order valence-electron chi connectivity index (χ0n) is 22.3. The Kier molecular flexibility index (Phi) is 8.17. The van der Waals surface area contributed by atoms with Crippen molar-refractivity contribution >= 4 is 29.4 Å². The van der Waals surface area contributed by atoms with Crippen LogP contribution in [0.3, 0.4) is 0 Å². The molecular formula is C27H37N9O. The Morgan fingerprint density at radius 1 is 1.16 bits per heavy atom. The number of benzene rings is 1. The molecule has 1 aromatic carbocycles. The second-order valence-electron chi connectivity index (χ2n) is 10.1. The van der Waals surface area contributed by atoms with Crippen molar-refractivity contribution in [1.29, 1.82) is 0 Å². The fourth-order valence-electron chi connectivity index (χ4n) is 4.57. The van der Waals surface area contributed by atoms with E-state index in [-0.39, 0.29) is 12.1 Å². The molecule has 0 spiro atoms. The van der Waals surface area contributed by atoms with E-state index in [4.69, 9.17) is 10.7 Å². The highest BCUT2D eigenvalue weighted by Crippen LogP contribution is 2.26. The van der Waals surface area contributed by atoms with Crippen LogP contribution in [0.5, 0.6) is 0 Å². The first-order chi connectivity index (χ1) is 17.7. The molecule has 0 radical (unpaired) electrons. The van der Waals surface area contributed by atoms with Crippen LogP contribution in [-0.2, 0) is 0 Å². The molecule has 4 N–H and O–H groups in total. The lowest BCUT2D eigenvalue weighted by Crippen LogP contribution is -2.30. The number of anilines is 4. The summed E-state index contributed by atoms with van der Waals surface area (Å²) in [5, 5.41) is 6.81. The van der Waals surface area contributed by atoms with Gasteiger partial charge in [0.15, 0.2) is 0 Å². The van der Waals surface area contributed by atoms with Gasteiger partial charge in [-0.05, 0) is 56.0 Å². The van der Waals surface area contributed by atoms with Crippen LogP contribution in [0.25, 0.3) is 0 Å². The molecule has 1 fully saturated rings. The van der Waals surface area contributed by atoms with Gasteiger partial charge in [0.05, 0.1) is 5.69 Å². The van der Waals surface area contributed by atoms with E-state index in [1.165, 1.54) is 0 Å². The number of nitrogens with two attached hydrogens (primary N) is 1. The molecule has 0 saturated carbocycles. The average molecular weight is 504 g/mol. The van der Waals surface area contributed by atoms with E-state index in [0.717, 1.165) is 43.0 Å². The van der Waals surface area contributed by atoms with Gasteiger partial charge in [0.1, 0.15) is 0 Å². The van der Waals surface area contributed by atoms with Gasteiger partial charge < -0.3 is 21.3 Å². The van der Waals surface area contributed by atoms with Gasteiger partial charge in [0.25, 0.3) is 0 Å². The summed E-state index contributed by atoms with van der Waals surface area (Å²) in [6, 6.07) is 11.8. The molecule has 2 aromatic heterocycles. The van der Waals surface area contributed by atoms with E-state index in [2.05, 4.69) is 57.3 Å². The number of aryl methyl sites for hydroxylation is 1. The lowest BCUT2D eigenvalue weighted by Gasteiger charge is -2.24. The standard InChI is InChI=1S/C27H37N9O/c1-17(2)15-35(5)27-33-25(30-21-11-13-36(16-21)19(4)22-8-6-7-12-29-22)32-26(34-27)31-23-14-20(24(28)37)10-9-18(23)3/h6-10,12,14,17,19,21H,11,13,15-16H2,1-5H3,(H2,28,37)(H2,30,31,32,33,34)/t19?,21-/m0/s1. The number of aromatic nitrogens is 4. The predicted octanol–water partition coefficient (Wildman–Crippen LogP) is 3.76. The molecule has 10 nitrogen and oxygen atoms in total. The summed E-state index contributed by atoms with van der Waals surface area (Å²) < 4.78 is 0. The van der Waals surface area contributed by atoms with Gasteiger partial charge in [-0.3, -0.25) is 14.7 Å². The van der Waals surface area contributed by atoms with Gasteiger partial charge in [0, 0.05) is 56.2 Å². The Balaban J connectivity index is 1.55. The molecule has 37 heavy (non-hydrogen) atoms. The van der Waals surface area contributed by atoms with Crippen LogP contribution in [0.4, 0.5) is 23.5 Å². The number of amides is 1. The van der Waals surface area contributed by atoms with Crippen molar-refractivity contribution in [3.05, 3.63) is 59.4 Å². The fraction of sp³-hybridized carbons (Fsp3) is 0.444. The Morgan fingerprint density at radius 2 is 1.95 bits per heavy atom. The molecule has 1 saturated heterocycles. The minimum absolute atomic E-state index is 0.199. The molecule has 0 aliphatic carbocycles. The quantitative estimate of drug-likeness (QED) is 0.379. The summed E-state index contributed by atoms with van der Waals surface area (Å²) in [5.41, 5.74) is 8.66. The number of pyridine rings is 1. The lowest BCUT2D eigenvalue weighted by molar-refractivity contribution is 0.100. The van der Waals surface area contributed by atoms with Crippen LogP contribution in [0, 0.1) is 12.8 Å². The van der Waals surface area contributed by atoms with Crippen molar-refractivity contribution < 1.29 is 4.79 Å². The van der Waals surface area contributed by atoms with Gasteiger partial charge in [-0.25, -0.2) is 0 Å². The largest absolute Gasteiger partial charge is 0.366 e. The predicted molar refractivity (Wildman–Crippen MR) is 147 cm³/mol. The van der Waals surface area contributed by atoms with Gasteiger partial charge in [-0.2, -0.15) is 15.0 Å². The minimum atomic E-state index is -0.482. The van der Waals surface area contributed by atoms with E-state index >= 15 is 0 Å². The van der Waals surface area contributed by atoms with Crippen molar-refractivity contribution in [2.24, 2.45) is 11.7 Å². The van der Waals surface area contributed by atoms with E-state index in [1.807, 2.05) is 43.3 Å². The smallest absolute Gasteiger partial charge is 0.248 e. The molecule has 1 aliphatic rings. The van der Waals surface area contributed by atoms with Crippen LogP contribution >= 0.6 is 0 Å². The highest BCUT2D eigenvalue weighted by Gasteiger charge is 2.28. The number of likely N-dealkylation sites (tertiary alicyclic amines) is 1. The molecule has 4 rings (SSSR count). The van der Waals surface area contributed by atoms with Gasteiger partial charge in [-0.1, -0.05) is 26.0 Å². The van der Waals surface area contributed by atoms with E-state index < -0.39 is 5.91 Å². The second kappa shape index (κ2) is 11.5. The molecule has 1 amide bonds. The third kappa shape index (κ3) is 6.71. The fourth-order valence-corrected chi connectivity index (χ4v) is 4.57. The molecule has 3 heterocycles. The highest BCUT2D eigenvalue weighted by atomic mass is 16.1. The Bertz CT molecular complexity index is 1220. The van der Waals surface area contributed by atoms with Gasteiger partial charge in [0.2, 0.25) is 23.8 Å². The number of rotatable bonds is 10. The number of nitrogens with zero attached hydrogens (tertiary/aromatic N) is 6. The molecule has 1 aliphatic heterocycles. The number of primary amides is 1. The molecule has 0 bridgehead atoms. The Labute approximate surface area is 218 Å². The minimum Gasteiger partial charge on any atom is -0.366 e. The number of hydrogen-bond acceptors (Lipinski definition) is 9. The SMILES string of the molecule is Cc1ccc(C(N)=O)cc1Nc1nc(N[C@H]2CCN(C(C)c3ccccn3)C2)nc(N(C)CC(C)C)n1. The van der Waals surface area contributed by atoms with Crippen molar-refractivity contribution in [1.82, 2.24) is 24.8 Å². The van der Waals surface area contributed by atoms with Crippen molar-refractivity contribution in [2.75, 3.05) is 42.2 Å². The maximum absolute atomic E-state index is 11.7. The summed E-state index contributed by atoms with van der Waals surface area (Å²) in [6.07, 6.45) is 2.82. The Morgan fingerprint density at radius 3 is 2.65 bits per heavy atom. The molecule has 196 valence electrons. The maximum atomic E-state index is 11.7. The number of nitrogens with one attached hydrogen (secondary N) is 2. The van der Waals surface area contributed by atoms with Gasteiger partial charge in [-0.15, -0.1) is 0 Å². The first kappa shape index (κ1) is 26.3. The molecule has 1 unspecified atom stereocenters. The third-order valence-electron chi connectivity index (χ3n) is 6.59. The van der Waals surface area contributed by atoms with Crippen molar-refractivity contribution in [2.45, 2.75) is 46.2 Å².